The molecule has 1 N–H and O–H groups in total. The van der Waals surface area contributed by atoms with Crippen LogP contribution in [0.3, 0.4) is 0 Å². The smallest absolute Gasteiger partial charge is 0.323 e. The third kappa shape index (κ3) is 3.78. The average molecular weight is 371 g/mol. The van der Waals surface area contributed by atoms with Gasteiger partial charge in [0.1, 0.15) is 5.54 Å². The third-order valence-electron chi connectivity index (χ3n) is 4.57. The number of imide groups is 1. The maximum atomic E-state index is 12.7. The van der Waals surface area contributed by atoms with Crippen LogP contribution in [0.4, 0.5) is 4.79 Å². The van der Waals surface area contributed by atoms with Crippen molar-refractivity contribution in [3.8, 4) is 0 Å². The molecule has 1 aliphatic rings. The highest BCUT2D eigenvalue weighted by atomic mass is 35.5. The molecule has 134 valence electrons. The molecule has 1 saturated heterocycles. The molecule has 0 bridgehead atoms. The fraction of sp³-hybridized carbons (Fsp3) is 0.250. The molecular formula is C20H19ClN2O3. The Balaban J connectivity index is 1.67. The van der Waals surface area contributed by atoms with Crippen LogP contribution < -0.4 is 5.32 Å². The molecule has 2 aromatic rings. The van der Waals surface area contributed by atoms with Gasteiger partial charge in [0, 0.05) is 10.6 Å². The molecule has 1 heterocycles. The van der Waals surface area contributed by atoms with Crippen LogP contribution in [0.15, 0.2) is 54.6 Å². The van der Waals surface area contributed by atoms with Crippen molar-refractivity contribution in [2.24, 2.45) is 0 Å². The van der Waals surface area contributed by atoms with E-state index in [1.54, 1.807) is 31.2 Å². The molecule has 0 radical (unpaired) electrons. The summed E-state index contributed by atoms with van der Waals surface area (Å²) in [6.45, 7) is 1.41. The van der Waals surface area contributed by atoms with Gasteiger partial charge in [0.05, 0.1) is 6.54 Å². The summed E-state index contributed by atoms with van der Waals surface area (Å²) >= 11 is 5.82. The van der Waals surface area contributed by atoms with Gasteiger partial charge in [-0.1, -0.05) is 41.9 Å². The van der Waals surface area contributed by atoms with Gasteiger partial charge in [-0.25, -0.2) is 4.79 Å². The molecule has 26 heavy (non-hydrogen) atoms. The molecule has 1 atom stereocenters. The summed E-state index contributed by atoms with van der Waals surface area (Å²) in [5.41, 5.74) is 0.493. The van der Waals surface area contributed by atoms with Gasteiger partial charge in [-0.15, -0.1) is 0 Å². The molecule has 3 amide bonds. The maximum absolute atomic E-state index is 12.7. The summed E-state index contributed by atoms with van der Waals surface area (Å²) in [6.07, 6.45) is 1.12. The van der Waals surface area contributed by atoms with Crippen molar-refractivity contribution in [2.75, 3.05) is 6.54 Å². The Morgan fingerprint density at radius 1 is 1.08 bits per heavy atom. The fourth-order valence-electron chi connectivity index (χ4n) is 2.97. The lowest BCUT2D eigenvalue weighted by atomic mass is 9.93. The lowest BCUT2D eigenvalue weighted by Gasteiger charge is -2.21. The Bertz CT molecular complexity index is 836. The van der Waals surface area contributed by atoms with E-state index in [-0.39, 0.29) is 18.2 Å². The predicted octanol–water partition coefficient (Wildman–Crippen LogP) is 3.47. The lowest BCUT2D eigenvalue weighted by Crippen LogP contribution is -2.44. The number of nitrogens with zero attached hydrogens (tertiary/aromatic N) is 1. The van der Waals surface area contributed by atoms with E-state index in [0.717, 1.165) is 10.5 Å². The third-order valence-corrected chi connectivity index (χ3v) is 4.82. The highest BCUT2D eigenvalue weighted by molar-refractivity contribution is 6.30. The first-order valence-corrected chi connectivity index (χ1v) is 8.74. The number of ketones is 1. The quantitative estimate of drug-likeness (QED) is 0.625. The van der Waals surface area contributed by atoms with Crippen molar-refractivity contribution in [2.45, 2.75) is 25.3 Å². The standard InChI is InChI=1S/C20H19ClN2O3/c1-20(12-11-14-5-3-2-4-6-14)18(25)23(19(26)22-20)13-17(24)15-7-9-16(21)10-8-15/h2-10H,11-13H2,1H3,(H,22,26). The summed E-state index contributed by atoms with van der Waals surface area (Å²) in [4.78, 5) is 38.4. The van der Waals surface area contributed by atoms with Gasteiger partial charge in [0.25, 0.3) is 5.91 Å². The predicted molar refractivity (Wildman–Crippen MR) is 99.2 cm³/mol. The van der Waals surface area contributed by atoms with Gasteiger partial charge in [-0.05, 0) is 49.6 Å². The zero-order valence-corrected chi connectivity index (χ0v) is 15.1. The second-order valence-electron chi connectivity index (χ2n) is 6.57. The van der Waals surface area contributed by atoms with Gasteiger partial charge in [-0.2, -0.15) is 0 Å². The van der Waals surface area contributed by atoms with Crippen LogP contribution >= 0.6 is 11.6 Å². The largest absolute Gasteiger partial charge is 0.325 e. The molecule has 0 saturated carbocycles. The number of urea groups is 1. The number of benzene rings is 2. The average Bonchev–Trinajstić information content (AvgIpc) is 2.85. The Hall–Kier alpha value is -2.66. The van der Waals surface area contributed by atoms with Crippen molar-refractivity contribution >= 4 is 29.3 Å². The summed E-state index contributed by atoms with van der Waals surface area (Å²) in [6, 6.07) is 15.6. The lowest BCUT2D eigenvalue weighted by molar-refractivity contribution is -0.130. The van der Waals surface area contributed by atoms with Crippen LogP contribution in [0.2, 0.25) is 5.02 Å². The number of hydrogen-bond donors (Lipinski definition) is 1. The number of amides is 3. The second-order valence-corrected chi connectivity index (χ2v) is 7.01. The molecular weight excluding hydrogens is 352 g/mol. The van der Waals surface area contributed by atoms with Gasteiger partial charge in [0.15, 0.2) is 5.78 Å². The van der Waals surface area contributed by atoms with Crippen LogP contribution in [-0.2, 0) is 11.2 Å². The monoisotopic (exact) mass is 370 g/mol. The van der Waals surface area contributed by atoms with Crippen molar-refractivity contribution in [3.05, 3.63) is 70.7 Å². The number of nitrogens with one attached hydrogen (secondary N) is 1. The topological polar surface area (TPSA) is 66.5 Å². The summed E-state index contributed by atoms with van der Waals surface area (Å²) in [7, 11) is 0. The molecule has 2 aromatic carbocycles. The van der Waals surface area contributed by atoms with E-state index in [1.165, 1.54) is 0 Å². The van der Waals surface area contributed by atoms with Gasteiger partial charge in [0.2, 0.25) is 0 Å². The molecule has 5 nitrogen and oxygen atoms in total. The molecule has 6 heteroatoms. The van der Waals surface area contributed by atoms with Gasteiger partial charge >= 0.3 is 6.03 Å². The highest BCUT2D eigenvalue weighted by Crippen LogP contribution is 2.24. The highest BCUT2D eigenvalue weighted by Gasteiger charge is 2.47. The van der Waals surface area contributed by atoms with Crippen LogP contribution in [0.25, 0.3) is 0 Å². The maximum Gasteiger partial charge on any atom is 0.325 e. The number of carbonyl (C=O) groups excluding carboxylic acids is 3. The van der Waals surface area contributed by atoms with Crippen molar-refractivity contribution in [1.82, 2.24) is 10.2 Å². The minimum absolute atomic E-state index is 0.284. The summed E-state index contributed by atoms with van der Waals surface area (Å²) in [5, 5.41) is 3.25. The number of hydrogen-bond acceptors (Lipinski definition) is 3. The first-order valence-electron chi connectivity index (χ1n) is 8.36. The number of Topliss-reactive ketones (excluding diaryl/α,β-unsaturated/α-hetero) is 1. The Kier molecular flexibility index (Phi) is 5.09. The van der Waals surface area contributed by atoms with Crippen molar-refractivity contribution < 1.29 is 14.4 Å². The summed E-state index contributed by atoms with van der Waals surface area (Å²) < 4.78 is 0. The van der Waals surface area contributed by atoms with Gasteiger partial charge in [-0.3, -0.25) is 14.5 Å². The normalized spacial score (nSPS) is 19.5. The SMILES string of the molecule is CC1(CCc2ccccc2)NC(=O)N(CC(=O)c2ccc(Cl)cc2)C1=O. The van der Waals surface area contributed by atoms with Crippen LogP contribution in [-0.4, -0.2) is 34.7 Å². The number of aryl methyl sites for hydroxylation is 1. The van der Waals surface area contributed by atoms with E-state index in [0.29, 0.717) is 23.4 Å². The first kappa shape index (κ1) is 18.1. The summed E-state index contributed by atoms with van der Waals surface area (Å²) in [5.74, 6) is -0.682. The molecule has 0 aromatic heterocycles. The first-order chi connectivity index (χ1) is 12.4. The molecule has 0 aliphatic carbocycles. The van der Waals surface area contributed by atoms with E-state index < -0.39 is 11.6 Å². The minimum atomic E-state index is -1.01. The van der Waals surface area contributed by atoms with E-state index in [9.17, 15) is 14.4 Å². The molecule has 0 spiro atoms. The van der Waals surface area contributed by atoms with E-state index in [4.69, 9.17) is 11.6 Å². The number of halogens is 1. The van der Waals surface area contributed by atoms with Crippen molar-refractivity contribution in [1.29, 1.82) is 0 Å². The van der Waals surface area contributed by atoms with Crippen LogP contribution in [0.5, 0.6) is 0 Å². The Morgan fingerprint density at radius 2 is 1.73 bits per heavy atom. The van der Waals surface area contributed by atoms with Crippen molar-refractivity contribution in [3.63, 3.8) is 0 Å². The number of rotatable bonds is 6. The molecule has 1 fully saturated rings. The molecule has 1 aliphatic heterocycles. The van der Waals surface area contributed by atoms with Gasteiger partial charge < -0.3 is 5.32 Å². The van der Waals surface area contributed by atoms with Crippen LogP contribution in [0.1, 0.15) is 29.3 Å². The minimum Gasteiger partial charge on any atom is -0.323 e. The van der Waals surface area contributed by atoms with E-state index in [2.05, 4.69) is 5.32 Å². The second kappa shape index (κ2) is 7.30. The zero-order valence-electron chi connectivity index (χ0n) is 14.4. The van der Waals surface area contributed by atoms with E-state index in [1.807, 2.05) is 30.3 Å². The number of carbonyl (C=O) groups is 3. The zero-order chi connectivity index (χ0) is 18.7. The molecule has 3 rings (SSSR count). The van der Waals surface area contributed by atoms with E-state index >= 15 is 0 Å². The fourth-order valence-corrected chi connectivity index (χ4v) is 3.10. The van der Waals surface area contributed by atoms with Crippen LogP contribution in [0, 0.1) is 0 Å². The Labute approximate surface area is 156 Å². The molecule has 1 unspecified atom stereocenters. The Morgan fingerprint density at radius 3 is 2.38 bits per heavy atom.